The van der Waals surface area contributed by atoms with Gasteiger partial charge in [-0.1, -0.05) is 13.8 Å². The molecular formula is C10H19ClF3NO2. The number of esters is 1. The number of hydrogen-bond acceptors (Lipinski definition) is 3. The van der Waals surface area contributed by atoms with Gasteiger partial charge in [-0.2, -0.15) is 0 Å². The highest BCUT2D eigenvalue weighted by Gasteiger charge is 2.37. The number of alkyl halides is 3. The van der Waals surface area contributed by atoms with Crippen LogP contribution < -0.4 is 5.73 Å². The third-order valence-corrected chi connectivity index (χ3v) is 2.30. The first-order valence-electron chi connectivity index (χ1n) is 5.06. The van der Waals surface area contributed by atoms with Gasteiger partial charge in [-0.05, 0) is 12.3 Å². The molecule has 0 heterocycles. The number of methoxy groups -OCH3 is 1. The van der Waals surface area contributed by atoms with E-state index in [0.717, 1.165) is 7.11 Å². The zero-order valence-corrected chi connectivity index (χ0v) is 10.8. The van der Waals surface area contributed by atoms with Crippen LogP contribution >= 0.6 is 12.4 Å². The lowest BCUT2D eigenvalue weighted by Gasteiger charge is -2.25. The van der Waals surface area contributed by atoms with Crippen molar-refractivity contribution in [2.45, 2.75) is 38.9 Å². The van der Waals surface area contributed by atoms with E-state index in [1.165, 1.54) is 0 Å². The Bertz CT molecular complexity index is 230. The van der Waals surface area contributed by atoms with Gasteiger partial charge in [0.2, 0.25) is 0 Å². The maximum Gasteiger partial charge on any atom is 0.310 e. The van der Waals surface area contributed by atoms with Crippen molar-refractivity contribution in [3.8, 4) is 0 Å². The van der Waals surface area contributed by atoms with Crippen LogP contribution in [0.25, 0.3) is 0 Å². The summed E-state index contributed by atoms with van der Waals surface area (Å²) in [5, 5.41) is 0. The topological polar surface area (TPSA) is 52.3 Å². The number of nitrogens with two attached hydrogens (primary N) is 1. The summed E-state index contributed by atoms with van der Waals surface area (Å²) >= 11 is 0. The molecule has 0 aromatic heterocycles. The van der Waals surface area contributed by atoms with Gasteiger partial charge in [0.1, 0.15) is 0 Å². The van der Waals surface area contributed by atoms with Crippen molar-refractivity contribution < 1.29 is 22.7 Å². The second-order valence-corrected chi connectivity index (χ2v) is 4.12. The smallest absolute Gasteiger partial charge is 0.310 e. The molecule has 0 aliphatic rings. The highest BCUT2D eigenvalue weighted by atomic mass is 35.5. The van der Waals surface area contributed by atoms with Gasteiger partial charge in [0, 0.05) is 0 Å². The van der Waals surface area contributed by atoms with Gasteiger partial charge in [-0.25, -0.2) is 13.2 Å². The first kappa shape index (κ1) is 18.9. The Morgan fingerprint density at radius 1 is 1.29 bits per heavy atom. The largest absolute Gasteiger partial charge is 0.469 e. The number of halogens is 4. The molecule has 0 saturated carbocycles. The zero-order chi connectivity index (χ0) is 12.9. The van der Waals surface area contributed by atoms with E-state index < -0.39 is 30.5 Å². The lowest BCUT2D eigenvalue weighted by Crippen LogP contribution is -2.46. The minimum absolute atomic E-state index is 0. The standard InChI is InChI=1S/C10H18F3NO2.ClH/c1-5(2)4-6(10(15)16-3)8(14)7(11)9(12)13;/h5-9H,4,14H2,1-3H3;1H. The Kier molecular flexibility index (Phi) is 9.52. The number of hydrogen-bond donors (Lipinski definition) is 1. The Morgan fingerprint density at radius 3 is 2.06 bits per heavy atom. The Morgan fingerprint density at radius 2 is 1.76 bits per heavy atom. The summed E-state index contributed by atoms with van der Waals surface area (Å²) in [5.41, 5.74) is 5.33. The van der Waals surface area contributed by atoms with E-state index in [1.807, 2.05) is 0 Å². The molecule has 0 aliphatic heterocycles. The quantitative estimate of drug-likeness (QED) is 0.757. The zero-order valence-electron chi connectivity index (χ0n) is 10.0. The van der Waals surface area contributed by atoms with Crippen molar-refractivity contribution in [3.05, 3.63) is 0 Å². The fourth-order valence-corrected chi connectivity index (χ4v) is 1.46. The summed E-state index contributed by atoms with van der Waals surface area (Å²) in [7, 11) is 1.12. The molecule has 0 fully saturated rings. The van der Waals surface area contributed by atoms with E-state index in [0.29, 0.717) is 0 Å². The Labute approximate surface area is 105 Å². The van der Waals surface area contributed by atoms with E-state index >= 15 is 0 Å². The molecule has 0 radical (unpaired) electrons. The molecule has 0 aromatic rings. The molecule has 0 saturated heterocycles. The van der Waals surface area contributed by atoms with Crippen molar-refractivity contribution in [1.29, 1.82) is 0 Å². The van der Waals surface area contributed by atoms with Gasteiger partial charge in [0.15, 0.2) is 6.17 Å². The molecular weight excluding hydrogens is 259 g/mol. The van der Waals surface area contributed by atoms with E-state index in [-0.39, 0.29) is 24.7 Å². The number of ether oxygens (including phenoxy) is 1. The average molecular weight is 278 g/mol. The van der Waals surface area contributed by atoms with Crippen LogP contribution in [0, 0.1) is 11.8 Å². The molecule has 7 heteroatoms. The van der Waals surface area contributed by atoms with Crippen LogP contribution in [0.5, 0.6) is 0 Å². The molecule has 0 bridgehead atoms. The van der Waals surface area contributed by atoms with E-state index in [2.05, 4.69) is 4.74 Å². The van der Waals surface area contributed by atoms with Gasteiger partial charge in [0.05, 0.1) is 19.1 Å². The van der Waals surface area contributed by atoms with E-state index in [4.69, 9.17) is 5.73 Å². The highest BCUT2D eigenvalue weighted by Crippen LogP contribution is 2.22. The number of rotatable bonds is 6. The summed E-state index contributed by atoms with van der Waals surface area (Å²) < 4.78 is 41.7. The van der Waals surface area contributed by atoms with Crippen LogP contribution in [-0.2, 0) is 9.53 Å². The molecule has 2 N–H and O–H groups in total. The summed E-state index contributed by atoms with van der Waals surface area (Å²) in [6.07, 6.45) is -5.47. The maximum atomic E-state index is 13.0. The molecule has 0 aliphatic carbocycles. The molecule has 3 unspecified atom stereocenters. The molecule has 3 atom stereocenters. The van der Waals surface area contributed by atoms with Crippen LogP contribution in [-0.4, -0.2) is 31.7 Å². The van der Waals surface area contributed by atoms with Crippen LogP contribution in [0.2, 0.25) is 0 Å². The van der Waals surface area contributed by atoms with E-state index in [1.54, 1.807) is 13.8 Å². The Hall–Kier alpha value is -0.490. The van der Waals surface area contributed by atoms with Gasteiger partial charge in [0.25, 0.3) is 6.43 Å². The molecule has 0 amide bonds. The lowest BCUT2D eigenvalue weighted by molar-refractivity contribution is -0.148. The third-order valence-electron chi connectivity index (χ3n) is 2.30. The first-order valence-corrected chi connectivity index (χ1v) is 5.06. The summed E-state index contributed by atoms with van der Waals surface area (Å²) in [6, 6.07) is -1.53. The van der Waals surface area contributed by atoms with Crippen LogP contribution in [0.15, 0.2) is 0 Å². The fraction of sp³-hybridized carbons (Fsp3) is 0.900. The van der Waals surface area contributed by atoms with Crippen LogP contribution in [0.4, 0.5) is 13.2 Å². The summed E-state index contributed by atoms with van der Waals surface area (Å²) in [5.74, 6) is -1.74. The number of carbonyl (C=O) groups is 1. The normalized spacial score (nSPS) is 16.3. The molecule has 0 aromatic carbocycles. The molecule has 104 valence electrons. The predicted molar refractivity (Wildman–Crippen MR) is 61.1 cm³/mol. The minimum atomic E-state index is -3.19. The fourth-order valence-electron chi connectivity index (χ4n) is 1.46. The van der Waals surface area contributed by atoms with Crippen molar-refractivity contribution >= 4 is 18.4 Å². The van der Waals surface area contributed by atoms with Gasteiger partial charge in [-0.15, -0.1) is 12.4 Å². The van der Waals surface area contributed by atoms with Crippen molar-refractivity contribution in [2.75, 3.05) is 7.11 Å². The third kappa shape index (κ3) is 6.12. The minimum Gasteiger partial charge on any atom is -0.469 e. The summed E-state index contributed by atoms with van der Waals surface area (Å²) in [4.78, 5) is 11.3. The highest BCUT2D eigenvalue weighted by molar-refractivity contribution is 5.85. The second-order valence-electron chi connectivity index (χ2n) is 4.12. The Balaban J connectivity index is 0. The van der Waals surface area contributed by atoms with Gasteiger partial charge < -0.3 is 10.5 Å². The molecule has 0 rings (SSSR count). The van der Waals surface area contributed by atoms with Crippen LogP contribution in [0.1, 0.15) is 20.3 Å². The average Bonchev–Trinajstić information content (AvgIpc) is 2.22. The van der Waals surface area contributed by atoms with Crippen molar-refractivity contribution in [2.24, 2.45) is 17.6 Å². The first-order chi connectivity index (χ1) is 7.31. The second kappa shape index (κ2) is 8.58. The van der Waals surface area contributed by atoms with E-state index in [9.17, 15) is 18.0 Å². The SMILES string of the molecule is COC(=O)C(CC(C)C)C(N)C(F)C(F)F.Cl. The monoisotopic (exact) mass is 277 g/mol. The van der Waals surface area contributed by atoms with Gasteiger partial charge in [-0.3, -0.25) is 4.79 Å². The molecule has 3 nitrogen and oxygen atoms in total. The van der Waals surface area contributed by atoms with Crippen molar-refractivity contribution in [1.82, 2.24) is 0 Å². The van der Waals surface area contributed by atoms with Crippen LogP contribution in [0.3, 0.4) is 0 Å². The molecule has 17 heavy (non-hydrogen) atoms. The lowest BCUT2D eigenvalue weighted by atomic mass is 9.88. The summed E-state index contributed by atoms with van der Waals surface area (Å²) in [6.45, 7) is 3.58. The molecule has 0 spiro atoms. The maximum absolute atomic E-state index is 13.0. The van der Waals surface area contributed by atoms with Crippen molar-refractivity contribution in [3.63, 3.8) is 0 Å². The predicted octanol–water partition coefficient (Wildman–Crippen LogP) is 2.17. The van der Waals surface area contributed by atoms with Gasteiger partial charge >= 0.3 is 5.97 Å². The number of carbonyl (C=O) groups excluding carboxylic acids is 1.